The summed E-state index contributed by atoms with van der Waals surface area (Å²) < 4.78 is 0. The van der Waals surface area contributed by atoms with E-state index in [-0.39, 0.29) is 0 Å². The van der Waals surface area contributed by atoms with Crippen LogP contribution in [0.25, 0.3) is 0 Å². The zero-order valence-electron chi connectivity index (χ0n) is 2.47. The molecule has 0 nitrogen and oxygen atoms in total. The second-order valence-corrected chi connectivity index (χ2v) is 2.22. The molecule has 0 saturated heterocycles. The van der Waals surface area contributed by atoms with Crippen molar-refractivity contribution in [1.82, 2.24) is 0 Å². The van der Waals surface area contributed by atoms with Gasteiger partial charge in [0.2, 0.25) is 0 Å². The van der Waals surface area contributed by atoms with E-state index in [2.05, 4.69) is 27.0 Å². The fourth-order valence-corrected chi connectivity index (χ4v) is 0.922. The summed E-state index contributed by atoms with van der Waals surface area (Å²) in [4.78, 5) is 1.75. The van der Waals surface area contributed by atoms with Crippen molar-refractivity contribution in [2.75, 3.05) is 5.75 Å². The Hall–Kier alpha value is 1.08. The Morgan fingerprint density at radius 2 is 2.60 bits per heavy atom. The zero-order chi connectivity index (χ0) is 4.12. The Labute approximate surface area is 48.7 Å². The summed E-state index contributed by atoms with van der Waals surface area (Å²) in [5.74, 6) is 0.906. The predicted octanol–water partition coefficient (Wildman–Crippen LogP) is 0.913. The summed E-state index contributed by atoms with van der Waals surface area (Å²) in [6.45, 7) is 0. The van der Waals surface area contributed by atoms with Crippen LogP contribution in [0, 0.1) is 0 Å². The molecule has 0 N–H and O–H groups in total. The Balaban J connectivity index is 2.40. The molecule has 0 aliphatic rings. The van der Waals surface area contributed by atoms with Crippen LogP contribution in [0.2, 0.25) is 0 Å². The molecule has 0 unspecified atom stereocenters. The van der Waals surface area contributed by atoms with Gasteiger partial charge in [-0.2, -0.15) is 0 Å². The van der Waals surface area contributed by atoms with E-state index in [1.54, 1.807) is 4.96 Å². The number of hydrogen-bond donors (Lipinski definition) is 1. The first-order valence-corrected chi connectivity index (χ1v) is 3.71. The third-order valence-corrected chi connectivity index (χ3v) is 1.36. The minimum atomic E-state index is 0.906. The molecular weight excluding hydrogens is 147 g/mol. The van der Waals surface area contributed by atoms with Gasteiger partial charge in [-0.05, 0) is 0 Å². The molecule has 0 amide bonds. The zero-order valence-corrected chi connectivity index (χ0v) is 5.23. The molecule has 0 spiro atoms. The molecule has 0 radical (unpaired) electrons. The molecule has 0 aliphatic carbocycles. The molecule has 0 heterocycles. The molecule has 0 aromatic heterocycles. The van der Waals surface area contributed by atoms with Crippen LogP contribution >= 0.6 is 22.5 Å². The van der Waals surface area contributed by atoms with Gasteiger partial charge in [0.1, 0.15) is 0 Å². The molecule has 0 aromatic rings. The topological polar surface area (TPSA) is 0 Å². The van der Waals surface area contributed by atoms with Crippen molar-refractivity contribution in [2.24, 2.45) is 0 Å². The first-order chi connectivity index (χ1) is 2.41. The van der Waals surface area contributed by atoms with E-state index in [0.29, 0.717) is 0 Å². The van der Waals surface area contributed by atoms with Gasteiger partial charge in [0.15, 0.2) is 0 Å². The van der Waals surface area contributed by atoms with E-state index in [4.69, 9.17) is 0 Å². The van der Waals surface area contributed by atoms with Crippen LogP contribution in [0.15, 0.2) is 0 Å². The summed E-state index contributed by atoms with van der Waals surface area (Å²) >= 11 is 7.68. The van der Waals surface area contributed by atoms with Crippen molar-refractivity contribution in [3.05, 3.63) is 0 Å². The van der Waals surface area contributed by atoms with Crippen molar-refractivity contribution in [2.45, 2.75) is 0 Å². The quantitative estimate of drug-likeness (QED) is 0.452. The van der Waals surface area contributed by atoms with Crippen LogP contribution in [-0.2, 0) is 15.3 Å². The fraction of sp³-hybridized carbons (Fsp3) is 0.500. The van der Waals surface area contributed by atoms with Gasteiger partial charge in [-0.25, -0.2) is 0 Å². The molecule has 5 heavy (non-hydrogen) atoms. The number of rotatable bonds is 2. The Morgan fingerprint density at radius 3 is 2.60 bits per heavy atom. The summed E-state index contributed by atoms with van der Waals surface area (Å²) in [5, 5.41) is 0. The van der Waals surface area contributed by atoms with Crippen LogP contribution in [-0.4, -0.2) is 10.7 Å². The molecule has 0 fully saturated rings. The third-order valence-electron chi connectivity index (χ3n) is 0.130. The Morgan fingerprint density at radius 1 is 2.00 bits per heavy atom. The summed E-state index contributed by atoms with van der Waals surface area (Å²) in [7, 11) is 1.46. The molecule has 0 aromatic carbocycles. The van der Waals surface area contributed by atoms with Crippen LogP contribution in [0.4, 0.5) is 0 Å². The molecule has 0 bridgehead atoms. The van der Waals surface area contributed by atoms with E-state index < -0.39 is 0 Å². The number of hydrogen-bond acceptors (Lipinski definition) is 2. The second kappa shape index (κ2) is 5.08. The van der Waals surface area contributed by atoms with Gasteiger partial charge >= 0.3 is 48.5 Å². The van der Waals surface area contributed by atoms with Gasteiger partial charge in [0.05, 0.1) is 0 Å². The van der Waals surface area contributed by atoms with E-state index >= 15 is 0 Å². The van der Waals surface area contributed by atoms with Gasteiger partial charge in [0.25, 0.3) is 0 Å². The summed E-state index contributed by atoms with van der Waals surface area (Å²) in [6.07, 6.45) is 0. The van der Waals surface area contributed by atoms with E-state index in [9.17, 15) is 0 Å². The van der Waals surface area contributed by atoms with Gasteiger partial charge in [-0.3, -0.25) is 0 Å². The molecule has 0 saturated carbocycles. The van der Waals surface area contributed by atoms with Crippen molar-refractivity contribution < 1.29 is 15.3 Å². The first-order valence-electron chi connectivity index (χ1n) is 1.07. The minimum absolute atomic E-state index is 0.906. The van der Waals surface area contributed by atoms with Crippen LogP contribution in [0.3, 0.4) is 0 Å². The van der Waals surface area contributed by atoms with Crippen molar-refractivity contribution in [3.63, 3.8) is 0 Å². The van der Waals surface area contributed by atoms with Crippen molar-refractivity contribution >= 4 is 27.4 Å². The van der Waals surface area contributed by atoms with Gasteiger partial charge in [0, 0.05) is 0 Å². The normalized spacial score (nSPS) is 7.60. The van der Waals surface area contributed by atoms with Gasteiger partial charge < -0.3 is 0 Å². The fourth-order valence-electron chi connectivity index (χ4n) is 0.0248. The predicted molar refractivity (Wildman–Crippen MR) is 27.5 cm³/mol. The van der Waals surface area contributed by atoms with Crippen LogP contribution in [0.1, 0.15) is 0 Å². The molecule has 3 heteroatoms. The van der Waals surface area contributed by atoms with Crippen molar-refractivity contribution in [1.29, 1.82) is 0 Å². The molecule has 0 atom stereocenters. The van der Waals surface area contributed by atoms with Gasteiger partial charge in [-0.1, -0.05) is 0 Å². The average Bonchev–Trinajstić information content (AvgIpc) is 1.41. The maximum atomic E-state index is 3.85. The second-order valence-electron chi connectivity index (χ2n) is 0.432. The molecule has 33 valence electrons. The molecule has 0 aliphatic heterocycles. The van der Waals surface area contributed by atoms with E-state index in [0.717, 1.165) is 5.75 Å². The third kappa shape index (κ3) is 5.08. The summed E-state index contributed by atoms with van der Waals surface area (Å²) in [6, 6.07) is 0. The van der Waals surface area contributed by atoms with Crippen molar-refractivity contribution in [3.8, 4) is 0 Å². The Bertz CT molecular complexity index is 28.8. The standard InChI is InChI=1S/C2H4S2.Co/c1-2-4-3;/h1,3H,2H2;. The van der Waals surface area contributed by atoms with E-state index in [1.807, 2.05) is 0 Å². The number of thiol groups is 1. The molecular formula is C2H4CoS2. The molecule has 0 rings (SSSR count). The Kier molecular flexibility index (Phi) is 6.17. The monoisotopic (exact) mass is 151 g/mol. The van der Waals surface area contributed by atoms with E-state index in [1.165, 1.54) is 10.8 Å². The van der Waals surface area contributed by atoms with Crippen LogP contribution in [0.5, 0.6) is 0 Å². The summed E-state index contributed by atoms with van der Waals surface area (Å²) in [5.41, 5.74) is 0. The maximum absolute atomic E-state index is 3.85. The van der Waals surface area contributed by atoms with Gasteiger partial charge in [-0.15, -0.1) is 0 Å². The van der Waals surface area contributed by atoms with Crippen LogP contribution < -0.4 is 0 Å². The average molecular weight is 151 g/mol. The first kappa shape index (κ1) is 6.08. The SMILES string of the molecule is SSC[CH]=[Co].